The third-order valence-electron chi connectivity index (χ3n) is 4.20. The second-order valence-corrected chi connectivity index (χ2v) is 7.59. The van der Waals surface area contributed by atoms with Crippen LogP contribution in [0.25, 0.3) is 0 Å². The van der Waals surface area contributed by atoms with E-state index in [1.807, 2.05) is 50.2 Å². The Morgan fingerprint density at radius 2 is 1.90 bits per heavy atom. The Morgan fingerprint density at radius 1 is 1.10 bits per heavy atom. The van der Waals surface area contributed by atoms with E-state index in [0.29, 0.717) is 23.1 Å². The number of aliphatic imine (C=N–C) groups is 1. The molecule has 3 aromatic rings. The van der Waals surface area contributed by atoms with Crippen molar-refractivity contribution in [3.63, 3.8) is 0 Å². The molecule has 0 aliphatic rings. The molecule has 0 aliphatic carbocycles. The minimum Gasteiger partial charge on any atom is -0.490 e. The Labute approximate surface area is 183 Å². The van der Waals surface area contributed by atoms with Crippen LogP contribution in [0.2, 0.25) is 5.02 Å². The first-order chi connectivity index (χ1) is 14.0. The fraction of sp³-hybridized carbons (Fsp3) is 0.174. The van der Waals surface area contributed by atoms with Crippen LogP contribution in [-0.2, 0) is 6.61 Å². The average Bonchev–Trinajstić information content (AvgIpc) is 2.69. The van der Waals surface area contributed by atoms with Gasteiger partial charge >= 0.3 is 0 Å². The number of rotatable bonds is 7. The third-order valence-corrected chi connectivity index (χ3v) is 5.19. The quantitative estimate of drug-likeness (QED) is 0.335. The summed E-state index contributed by atoms with van der Waals surface area (Å²) in [4.78, 5) is 4.54. The van der Waals surface area contributed by atoms with Crippen LogP contribution in [-0.4, -0.2) is 12.8 Å². The van der Waals surface area contributed by atoms with Crippen molar-refractivity contribution in [2.24, 2.45) is 4.99 Å². The molecule has 6 heteroatoms. The Kier molecular flexibility index (Phi) is 7.29. The van der Waals surface area contributed by atoms with Gasteiger partial charge < -0.3 is 9.47 Å². The number of nitrogens with zero attached hydrogens (tertiary/aromatic N) is 1. The monoisotopic (exact) mass is 475 g/mol. The first-order valence-electron chi connectivity index (χ1n) is 9.10. The minimum atomic E-state index is -0.293. The number of hydrogen-bond acceptors (Lipinski definition) is 3. The van der Waals surface area contributed by atoms with Crippen molar-refractivity contribution < 1.29 is 13.9 Å². The van der Waals surface area contributed by atoms with E-state index in [0.717, 1.165) is 26.9 Å². The fourth-order valence-electron chi connectivity index (χ4n) is 2.73. The van der Waals surface area contributed by atoms with Crippen LogP contribution in [0.5, 0.6) is 11.5 Å². The lowest BCUT2D eigenvalue weighted by Gasteiger charge is -2.15. The lowest BCUT2D eigenvalue weighted by molar-refractivity contribution is 0.267. The molecule has 0 aromatic heterocycles. The van der Waals surface area contributed by atoms with Gasteiger partial charge in [-0.15, -0.1) is 0 Å². The maximum absolute atomic E-state index is 13.4. The highest BCUT2D eigenvalue weighted by molar-refractivity contribution is 9.10. The zero-order chi connectivity index (χ0) is 20.8. The molecule has 29 heavy (non-hydrogen) atoms. The average molecular weight is 477 g/mol. The van der Waals surface area contributed by atoms with E-state index in [1.165, 1.54) is 12.1 Å². The van der Waals surface area contributed by atoms with Crippen molar-refractivity contribution in [3.05, 3.63) is 86.6 Å². The summed E-state index contributed by atoms with van der Waals surface area (Å²) in [6.07, 6.45) is 1.75. The molecular weight excluding hydrogens is 457 g/mol. The highest BCUT2D eigenvalue weighted by Crippen LogP contribution is 2.37. The van der Waals surface area contributed by atoms with Crippen molar-refractivity contribution >= 4 is 39.4 Å². The third kappa shape index (κ3) is 5.58. The molecule has 0 radical (unpaired) electrons. The van der Waals surface area contributed by atoms with Crippen LogP contribution >= 0.6 is 27.5 Å². The van der Waals surface area contributed by atoms with Gasteiger partial charge in [-0.05, 0) is 82.9 Å². The van der Waals surface area contributed by atoms with Crippen LogP contribution in [0, 0.1) is 12.7 Å². The normalized spacial score (nSPS) is 11.1. The summed E-state index contributed by atoms with van der Waals surface area (Å²) in [5.74, 6) is 0.854. The van der Waals surface area contributed by atoms with Gasteiger partial charge in [0.05, 0.1) is 16.8 Å². The molecule has 3 aromatic carbocycles. The van der Waals surface area contributed by atoms with Gasteiger partial charge in [-0.1, -0.05) is 29.8 Å². The first-order valence-corrected chi connectivity index (χ1v) is 10.3. The zero-order valence-corrected chi connectivity index (χ0v) is 18.4. The van der Waals surface area contributed by atoms with Crippen molar-refractivity contribution in [1.82, 2.24) is 0 Å². The summed E-state index contributed by atoms with van der Waals surface area (Å²) >= 11 is 9.71. The van der Waals surface area contributed by atoms with E-state index in [-0.39, 0.29) is 12.4 Å². The molecule has 0 aliphatic heterocycles. The molecule has 3 nitrogen and oxygen atoms in total. The molecule has 0 N–H and O–H groups in total. The van der Waals surface area contributed by atoms with Crippen LogP contribution in [0.15, 0.2) is 64.1 Å². The van der Waals surface area contributed by atoms with Gasteiger partial charge in [-0.2, -0.15) is 0 Å². The summed E-state index contributed by atoms with van der Waals surface area (Å²) in [6, 6.07) is 15.7. The van der Waals surface area contributed by atoms with Crippen LogP contribution in [0.3, 0.4) is 0 Å². The van der Waals surface area contributed by atoms with E-state index in [9.17, 15) is 4.39 Å². The predicted molar refractivity (Wildman–Crippen MR) is 119 cm³/mol. The van der Waals surface area contributed by atoms with Gasteiger partial charge in [-0.3, -0.25) is 4.99 Å². The fourth-order valence-corrected chi connectivity index (χ4v) is 3.47. The van der Waals surface area contributed by atoms with Gasteiger partial charge in [0.1, 0.15) is 12.4 Å². The first kappa shape index (κ1) is 21.3. The van der Waals surface area contributed by atoms with E-state index in [1.54, 1.807) is 12.3 Å². The Bertz CT molecular complexity index is 1040. The summed E-state index contributed by atoms with van der Waals surface area (Å²) in [5.41, 5.74) is 3.31. The molecule has 0 amide bonds. The molecule has 0 heterocycles. The number of halogens is 3. The van der Waals surface area contributed by atoms with Gasteiger partial charge in [0.15, 0.2) is 11.5 Å². The summed E-state index contributed by atoms with van der Waals surface area (Å²) in [5, 5.41) is 0.678. The molecule has 0 atom stereocenters. The summed E-state index contributed by atoms with van der Waals surface area (Å²) in [7, 11) is 0. The molecule has 0 saturated carbocycles. The largest absolute Gasteiger partial charge is 0.490 e. The van der Waals surface area contributed by atoms with Crippen LogP contribution in [0.1, 0.15) is 23.6 Å². The highest BCUT2D eigenvalue weighted by atomic mass is 79.9. The molecule has 150 valence electrons. The molecule has 0 spiro atoms. The number of benzene rings is 3. The van der Waals surface area contributed by atoms with Gasteiger partial charge in [0.2, 0.25) is 0 Å². The van der Waals surface area contributed by atoms with E-state index >= 15 is 0 Å². The maximum atomic E-state index is 13.4. The van der Waals surface area contributed by atoms with Crippen LogP contribution < -0.4 is 9.47 Å². The predicted octanol–water partition coefficient (Wildman–Crippen LogP) is 7.28. The van der Waals surface area contributed by atoms with Gasteiger partial charge in [-0.25, -0.2) is 4.39 Å². The number of ether oxygens (including phenoxy) is 2. The van der Waals surface area contributed by atoms with Crippen molar-refractivity contribution in [1.29, 1.82) is 0 Å². The summed E-state index contributed by atoms with van der Waals surface area (Å²) in [6.45, 7) is 4.54. The molecule has 3 rings (SSSR count). The Balaban J connectivity index is 1.85. The zero-order valence-electron chi connectivity index (χ0n) is 16.1. The lowest BCUT2D eigenvalue weighted by Crippen LogP contribution is -2.01. The lowest BCUT2D eigenvalue weighted by atomic mass is 10.2. The second kappa shape index (κ2) is 9.90. The highest BCUT2D eigenvalue weighted by Gasteiger charge is 2.12. The van der Waals surface area contributed by atoms with Crippen molar-refractivity contribution in [3.8, 4) is 11.5 Å². The Hall–Kier alpha value is -2.37. The molecule has 0 fully saturated rings. The van der Waals surface area contributed by atoms with Gasteiger partial charge in [0, 0.05) is 11.2 Å². The molecular formula is C23H20BrClFNO2. The van der Waals surface area contributed by atoms with Gasteiger partial charge in [0.25, 0.3) is 0 Å². The number of hydrogen-bond donors (Lipinski definition) is 0. The van der Waals surface area contributed by atoms with E-state index in [4.69, 9.17) is 21.1 Å². The van der Waals surface area contributed by atoms with Crippen molar-refractivity contribution in [2.75, 3.05) is 6.61 Å². The standard InChI is InChI=1S/C23H20BrClFNO2/c1-3-28-22-12-17(13-27-21-9-5-8-20(25)15(21)2)11-19(24)23(22)29-14-16-6-4-7-18(26)10-16/h4-13H,3,14H2,1-2H3. The molecule has 0 unspecified atom stereocenters. The van der Waals surface area contributed by atoms with Crippen LogP contribution in [0.4, 0.5) is 10.1 Å². The molecule has 0 saturated heterocycles. The second-order valence-electron chi connectivity index (χ2n) is 6.32. The smallest absolute Gasteiger partial charge is 0.175 e. The topological polar surface area (TPSA) is 30.8 Å². The minimum absolute atomic E-state index is 0.228. The summed E-state index contributed by atoms with van der Waals surface area (Å²) < 4.78 is 25.8. The molecule has 0 bridgehead atoms. The van der Waals surface area contributed by atoms with E-state index < -0.39 is 0 Å². The Morgan fingerprint density at radius 3 is 2.66 bits per heavy atom. The SMILES string of the molecule is CCOc1cc(C=Nc2cccc(Cl)c2C)cc(Br)c1OCc1cccc(F)c1. The maximum Gasteiger partial charge on any atom is 0.175 e. The van der Waals surface area contributed by atoms with E-state index in [2.05, 4.69) is 20.9 Å². The van der Waals surface area contributed by atoms with Crippen molar-refractivity contribution in [2.45, 2.75) is 20.5 Å².